The van der Waals surface area contributed by atoms with Crippen molar-refractivity contribution < 1.29 is 4.92 Å². The summed E-state index contributed by atoms with van der Waals surface area (Å²) in [6.07, 6.45) is 0. The lowest BCUT2D eigenvalue weighted by Gasteiger charge is -2.13. The van der Waals surface area contributed by atoms with Crippen molar-refractivity contribution in [1.29, 1.82) is 0 Å². The van der Waals surface area contributed by atoms with Crippen LogP contribution in [0.5, 0.6) is 0 Å². The lowest BCUT2D eigenvalue weighted by Crippen LogP contribution is -2.13. The SMILES string of the molecule is O=c1c2ccc3c4ccccc4sc4ccc(c2c43)c2nc3cc([N+](=O)[O-])ccc3n12. The Morgan fingerprint density at radius 3 is 2.52 bits per heavy atom. The molecule has 6 nitrogen and oxygen atoms in total. The maximum atomic E-state index is 13.5. The predicted octanol–water partition coefficient (Wildman–Crippen LogP) is 5.87. The van der Waals surface area contributed by atoms with E-state index in [1.165, 1.54) is 16.8 Å². The van der Waals surface area contributed by atoms with Crippen LogP contribution in [0.3, 0.4) is 0 Å². The molecule has 3 heterocycles. The van der Waals surface area contributed by atoms with Crippen LogP contribution in [0.25, 0.3) is 58.4 Å². The molecule has 31 heavy (non-hydrogen) atoms. The van der Waals surface area contributed by atoms with Crippen molar-refractivity contribution in [1.82, 2.24) is 9.38 Å². The second kappa shape index (κ2) is 5.53. The number of nitrogens with zero attached hydrogens (tertiary/aromatic N) is 3. The van der Waals surface area contributed by atoms with Gasteiger partial charge in [0, 0.05) is 43.1 Å². The molecule has 0 spiro atoms. The van der Waals surface area contributed by atoms with Gasteiger partial charge in [0.05, 0.1) is 16.0 Å². The Morgan fingerprint density at radius 1 is 0.839 bits per heavy atom. The zero-order chi connectivity index (χ0) is 20.9. The van der Waals surface area contributed by atoms with E-state index in [1.807, 2.05) is 30.3 Å². The van der Waals surface area contributed by atoms with Gasteiger partial charge in [0.2, 0.25) is 0 Å². The van der Waals surface area contributed by atoms with E-state index in [1.54, 1.807) is 21.8 Å². The lowest BCUT2D eigenvalue weighted by atomic mass is 9.98. The molecule has 0 radical (unpaired) electrons. The van der Waals surface area contributed by atoms with E-state index in [9.17, 15) is 14.9 Å². The van der Waals surface area contributed by atoms with Gasteiger partial charge in [0.15, 0.2) is 0 Å². The Hall–Kier alpha value is -4.10. The Labute approximate surface area is 177 Å². The molecular weight excluding hydrogens is 410 g/mol. The van der Waals surface area contributed by atoms with E-state index in [4.69, 9.17) is 0 Å². The molecule has 4 aromatic carbocycles. The van der Waals surface area contributed by atoms with Gasteiger partial charge in [-0.05, 0) is 41.1 Å². The number of fused-ring (bicyclic) bond motifs is 6. The first-order chi connectivity index (χ1) is 15.1. The van der Waals surface area contributed by atoms with Crippen LogP contribution in [0, 0.1) is 10.1 Å². The maximum Gasteiger partial charge on any atom is 0.271 e. The highest BCUT2D eigenvalue weighted by Crippen LogP contribution is 2.41. The fourth-order valence-electron chi connectivity index (χ4n) is 4.72. The molecule has 0 bridgehead atoms. The highest BCUT2D eigenvalue weighted by atomic mass is 32.1. The number of hydrogen-bond donors (Lipinski definition) is 0. The molecule has 146 valence electrons. The standard InChI is InChI=1S/C24H11N3O3S/c28-24-16-7-6-14-13-3-1-2-4-19(13)31-20-10-8-15(21(16)22(14)20)23-25-17-11-12(27(29)30)5-9-18(17)26(23)24/h1-11H. The average Bonchev–Trinajstić information content (AvgIpc) is 3.17. The summed E-state index contributed by atoms with van der Waals surface area (Å²) < 4.78 is 3.88. The number of rotatable bonds is 1. The molecule has 7 rings (SSSR count). The molecule has 0 amide bonds. The van der Waals surface area contributed by atoms with Crippen LogP contribution in [0.2, 0.25) is 0 Å². The molecular formula is C24H11N3O3S. The van der Waals surface area contributed by atoms with E-state index in [0.29, 0.717) is 22.1 Å². The van der Waals surface area contributed by atoms with Crippen molar-refractivity contribution in [3.05, 3.63) is 87.2 Å². The second-order valence-electron chi connectivity index (χ2n) is 7.63. The van der Waals surface area contributed by atoms with E-state index >= 15 is 0 Å². The first-order valence-corrected chi connectivity index (χ1v) is 10.5. The van der Waals surface area contributed by atoms with Crippen molar-refractivity contribution in [2.24, 2.45) is 0 Å². The summed E-state index contributed by atoms with van der Waals surface area (Å²) >= 11 is 1.71. The number of nitro groups is 1. The topological polar surface area (TPSA) is 77.5 Å². The minimum Gasteiger partial charge on any atom is -0.268 e. The van der Waals surface area contributed by atoms with Crippen LogP contribution in [0.1, 0.15) is 0 Å². The third-order valence-corrected chi connectivity index (χ3v) is 7.18. The third-order valence-electron chi connectivity index (χ3n) is 6.04. The van der Waals surface area contributed by atoms with Crippen molar-refractivity contribution in [3.63, 3.8) is 0 Å². The summed E-state index contributed by atoms with van der Waals surface area (Å²) in [7, 11) is 0. The van der Waals surface area contributed by atoms with E-state index in [0.717, 1.165) is 31.6 Å². The fraction of sp³-hybridized carbons (Fsp3) is 0. The van der Waals surface area contributed by atoms with E-state index in [2.05, 4.69) is 23.2 Å². The molecule has 0 saturated heterocycles. The van der Waals surface area contributed by atoms with Crippen LogP contribution in [-0.4, -0.2) is 14.3 Å². The number of imidazole rings is 1. The summed E-state index contributed by atoms with van der Waals surface area (Å²) in [6.45, 7) is 0. The molecule has 0 aliphatic carbocycles. The summed E-state index contributed by atoms with van der Waals surface area (Å²) in [6, 6.07) is 20.7. The normalized spacial score (nSPS) is 12.3. The molecule has 0 atom stereocenters. The summed E-state index contributed by atoms with van der Waals surface area (Å²) in [5.41, 5.74) is 1.34. The maximum absolute atomic E-state index is 13.5. The zero-order valence-corrected chi connectivity index (χ0v) is 16.6. The minimum atomic E-state index is -0.450. The first-order valence-electron chi connectivity index (χ1n) is 9.71. The van der Waals surface area contributed by atoms with Gasteiger partial charge in [0.1, 0.15) is 5.65 Å². The second-order valence-corrected chi connectivity index (χ2v) is 8.71. The van der Waals surface area contributed by atoms with Gasteiger partial charge in [-0.1, -0.05) is 24.3 Å². The Kier molecular flexibility index (Phi) is 2.97. The highest BCUT2D eigenvalue weighted by molar-refractivity contribution is 7.25. The van der Waals surface area contributed by atoms with Crippen LogP contribution in [0.15, 0.2) is 71.5 Å². The minimum absolute atomic E-state index is 0.0434. The average molecular weight is 421 g/mol. The molecule has 7 aromatic rings. The molecule has 0 fully saturated rings. The van der Waals surface area contributed by atoms with Gasteiger partial charge >= 0.3 is 0 Å². The number of aromatic nitrogens is 2. The third kappa shape index (κ3) is 2.00. The van der Waals surface area contributed by atoms with Crippen molar-refractivity contribution in [3.8, 4) is 0 Å². The Balaban J connectivity index is 1.77. The fourth-order valence-corrected chi connectivity index (χ4v) is 5.85. The Bertz CT molecular complexity index is 1950. The van der Waals surface area contributed by atoms with Crippen LogP contribution >= 0.6 is 11.3 Å². The lowest BCUT2D eigenvalue weighted by molar-refractivity contribution is -0.384. The van der Waals surface area contributed by atoms with Gasteiger partial charge in [-0.2, -0.15) is 0 Å². The Morgan fingerprint density at radius 2 is 1.65 bits per heavy atom. The largest absolute Gasteiger partial charge is 0.271 e. The zero-order valence-electron chi connectivity index (χ0n) is 15.8. The van der Waals surface area contributed by atoms with Crippen molar-refractivity contribution in [2.45, 2.75) is 0 Å². The van der Waals surface area contributed by atoms with E-state index < -0.39 is 4.92 Å². The summed E-state index contributed by atoms with van der Waals surface area (Å²) in [4.78, 5) is 28.9. The monoisotopic (exact) mass is 421 g/mol. The summed E-state index contributed by atoms with van der Waals surface area (Å²) in [5, 5.41) is 16.9. The smallest absolute Gasteiger partial charge is 0.268 e. The number of pyridine rings is 1. The number of hydrogen-bond acceptors (Lipinski definition) is 5. The van der Waals surface area contributed by atoms with Gasteiger partial charge < -0.3 is 0 Å². The molecule has 0 N–H and O–H groups in total. The van der Waals surface area contributed by atoms with Crippen LogP contribution in [0.4, 0.5) is 5.69 Å². The van der Waals surface area contributed by atoms with Crippen molar-refractivity contribution in [2.75, 3.05) is 0 Å². The van der Waals surface area contributed by atoms with Crippen molar-refractivity contribution >= 4 is 75.4 Å². The molecule has 0 aliphatic rings. The quantitative estimate of drug-likeness (QED) is 0.144. The van der Waals surface area contributed by atoms with Gasteiger partial charge in [-0.3, -0.25) is 19.3 Å². The molecule has 7 heteroatoms. The number of nitro benzene ring substituents is 1. The molecule has 0 saturated carbocycles. The van der Waals surface area contributed by atoms with Gasteiger partial charge in [-0.15, -0.1) is 11.3 Å². The highest BCUT2D eigenvalue weighted by Gasteiger charge is 2.20. The number of non-ortho nitro benzene ring substituents is 1. The molecule has 0 unspecified atom stereocenters. The predicted molar refractivity (Wildman–Crippen MR) is 125 cm³/mol. The summed E-state index contributed by atoms with van der Waals surface area (Å²) in [5.74, 6) is 0. The van der Waals surface area contributed by atoms with E-state index in [-0.39, 0.29) is 11.2 Å². The first kappa shape index (κ1) is 16.7. The van der Waals surface area contributed by atoms with Crippen LogP contribution < -0.4 is 5.56 Å². The molecule has 3 aromatic heterocycles. The molecule has 0 aliphatic heterocycles. The van der Waals surface area contributed by atoms with Gasteiger partial charge in [-0.25, -0.2) is 4.98 Å². The van der Waals surface area contributed by atoms with Crippen LogP contribution in [-0.2, 0) is 0 Å². The van der Waals surface area contributed by atoms with Gasteiger partial charge in [0.25, 0.3) is 11.2 Å². The number of benzene rings is 4.